The minimum absolute atomic E-state index is 0. The lowest BCUT2D eigenvalue weighted by Crippen LogP contribution is -2.55. The van der Waals surface area contributed by atoms with Crippen LogP contribution in [0.25, 0.3) is 0 Å². The van der Waals surface area contributed by atoms with Crippen LogP contribution in [0.1, 0.15) is 25.7 Å². The molecule has 1 amide bonds. The van der Waals surface area contributed by atoms with Crippen LogP contribution in [0.2, 0.25) is 0 Å². The second kappa shape index (κ2) is 6.27. The molecule has 0 aromatic carbocycles. The number of rotatable bonds is 1. The molecule has 7 heteroatoms. The Bertz CT molecular complexity index is 384. The van der Waals surface area contributed by atoms with Crippen molar-refractivity contribution in [2.45, 2.75) is 49.9 Å². The van der Waals surface area contributed by atoms with Gasteiger partial charge in [-0.15, -0.1) is 24.8 Å². The molecule has 5 atom stereocenters. The summed E-state index contributed by atoms with van der Waals surface area (Å²) in [6.07, 6.45) is 3.73. The third-order valence-corrected chi connectivity index (χ3v) is 4.46. The van der Waals surface area contributed by atoms with Gasteiger partial charge >= 0.3 is 0 Å². The van der Waals surface area contributed by atoms with Crippen LogP contribution in [-0.4, -0.2) is 41.5 Å². The standard InChI is InChI=1S/C12H18N4O.2ClH/c13-6-8-2-1-3-16(8)12(17)11-7-4-9(14)10(5-7)15-11;;/h7-11,15H,1-5,14H2;2*1H/t7-,8?,9-,10-,11+;;/m1../s1. The molecule has 19 heavy (non-hydrogen) atoms. The highest BCUT2D eigenvalue weighted by Gasteiger charge is 2.49. The topological polar surface area (TPSA) is 82.2 Å². The van der Waals surface area contributed by atoms with Crippen LogP contribution >= 0.6 is 24.8 Å². The average molecular weight is 307 g/mol. The first-order chi connectivity index (χ1) is 8.20. The molecule has 0 spiro atoms. The summed E-state index contributed by atoms with van der Waals surface area (Å²) >= 11 is 0. The molecule has 0 aromatic rings. The maximum absolute atomic E-state index is 12.4. The van der Waals surface area contributed by atoms with Gasteiger partial charge < -0.3 is 16.0 Å². The summed E-state index contributed by atoms with van der Waals surface area (Å²) < 4.78 is 0. The van der Waals surface area contributed by atoms with Crippen LogP contribution < -0.4 is 11.1 Å². The third kappa shape index (κ3) is 2.68. The van der Waals surface area contributed by atoms with Crippen molar-refractivity contribution in [2.75, 3.05) is 6.54 Å². The number of nitrogens with two attached hydrogens (primary N) is 1. The highest BCUT2D eigenvalue weighted by Crippen LogP contribution is 2.36. The van der Waals surface area contributed by atoms with E-state index >= 15 is 0 Å². The first kappa shape index (κ1) is 16.5. The molecule has 2 saturated heterocycles. The molecule has 2 bridgehead atoms. The van der Waals surface area contributed by atoms with Gasteiger partial charge in [0, 0.05) is 18.6 Å². The zero-order valence-corrected chi connectivity index (χ0v) is 12.3. The van der Waals surface area contributed by atoms with Crippen molar-refractivity contribution < 1.29 is 4.79 Å². The Labute approximate surface area is 125 Å². The van der Waals surface area contributed by atoms with Crippen molar-refractivity contribution in [3.05, 3.63) is 0 Å². The Hall–Kier alpha value is -0.540. The van der Waals surface area contributed by atoms with E-state index in [9.17, 15) is 4.79 Å². The largest absolute Gasteiger partial charge is 0.326 e. The fourth-order valence-electron chi connectivity index (χ4n) is 3.56. The van der Waals surface area contributed by atoms with Crippen molar-refractivity contribution >= 4 is 30.7 Å². The maximum Gasteiger partial charge on any atom is 0.241 e. The van der Waals surface area contributed by atoms with Crippen molar-refractivity contribution in [3.8, 4) is 6.07 Å². The average Bonchev–Trinajstić information content (AvgIpc) is 3.01. The lowest BCUT2D eigenvalue weighted by Gasteiger charge is -2.30. The van der Waals surface area contributed by atoms with E-state index in [0.29, 0.717) is 12.0 Å². The smallest absolute Gasteiger partial charge is 0.241 e. The number of fused-ring (bicyclic) bond motifs is 2. The predicted octanol–water partition coefficient (Wildman–Crippen LogP) is 0.422. The Balaban J connectivity index is 0.000000902. The van der Waals surface area contributed by atoms with Gasteiger partial charge in [0.15, 0.2) is 0 Å². The van der Waals surface area contributed by atoms with Gasteiger partial charge in [-0.05, 0) is 31.6 Å². The molecular formula is C12H20Cl2N4O. The van der Waals surface area contributed by atoms with E-state index in [4.69, 9.17) is 11.0 Å². The lowest BCUT2D eigenvalue weighted by molar-refractivity contribution is -0.134. The third-order valence-electron chi connectivity index (χ3n) is 4.46. The number of halogens is 2. The van der Waals surface area contributed by atoms with E-state index < -0.39 is 0 Å². The molecule has 0 aromatic heterocycles. The molecule has 2 heterocycles. The molecule has 2 aliphatic heterocycles. The summed E-state index contributed by atoms with van der Waals surface area (Å²) in [6.45, 7) is 0.735. The molecule has 1 saturated carbocycles. The fourth-order valence-corrected chi connectivity index (χ4v) is 3.56. The summed E-state index contributed by atoms with van der Waals surface area (Å²) in [5.74, 6) is 0.496. The van der Waals surface area contributed by atoms with Crippen molar-refractivity contribution in [2.24, 2.45) is 11.7 Å². The zero-order valence-electron chi connectivity index (χ0n) is 10.6. The number of amides is 1. The van der Waals surface area contributed by atoms with Crippen molar-refractivity contribution in [1.82, 2.24) is 10.2 Å². The Morgan fingerprint density at radius 3 is 2.63 bits per heavy atom. The van der Waals surface area contributed by atoms with Gasteiger partial charge in [-0.3, -0.25) is 4.79 Å². The summed E-state index contributed by atoms with van der Waals surface area (Å²) in [4.78, 5) is 14.1. The molecule has 5 nitrogen and oxygen atoms in total. The number of piperidine rings is 1. The molecule has 3 N–H and O–H groups in total. The van der Waals surface area contributed by atoms with Crippen LogP contribution in [0.3, 0.4) is 0 Å². The maximum atomic E-state index is 12.4. The van der Waals surface area contributed by atoms with Gasteiger partial charge in [0.1, 0.15) is 6.04 Å². The monoisotopic (exact) mass is 306 g/mol. The summed E-state index contributed by atoms with van der Waals surface area (Å²) in [7, 11) is 0. The van der Waals surface area contributed by atoms with Crippen molar-refractivity contribution in [1.29, 1.82) is 5.26 Å². The number of carbonyl (C=O) groups excluding carboxylic acids is 1. The van der Waals surface area contributed by atoms with E-state index in [1.54, 1.807) is 4.90 Å². The molecular weight excluding hydrogens is 287 g/mol. The lowest BCUT2D eigenvalue weighted by atomic mass is 9.97. The molecule has 3 fully saturated rings. The number of hydrogen-bond donors (Lipinski definition) is 2. The SMILES string of the molecule is Cl.Cl.N#CC1CCCN1C(=O)[C@H]1N[C@@H]2C[C@H]1C[C@H]2N. The Morgan fingerprint density at radius 2 is 2.11 bits per heavy atom. The van der Waals surface area contributed by atoms with Crippen LogP contribution in [0.15, 0.2) is 0 Å². The second-order valence-electron chi connectivity index (χ2n) is 5.46. The second-order valence-corrected chi connectivity index (χ2v) is 5.46. The van der Waals surface area contributed by atoms with Crippen LogP contribution in [-0.2, 0) is 4.79 Å². The summed E-state index contributed by atoms with van der Waals surface area (Å²) in [5, 5.41) is 12.4. The van der Waals surface area contributed by atoms with E-state index in [1.165, 1.54) is 0 Å². The fraction of sp³-hybridized carbons (Fsp3) is 0.833. The van der Waals surface area contributed by atoms with Gasteiger partial charge in [0.05, 0.1) is 12.1 Å². The summed E-state index contributed by atoms with van der Waals surface area (Å²) in [6, 6.07) is 2.43. The minimum Gasteiger partial charge on any atom is -0.326 e. The number of nitrogens with zero attached hydrogens (tertiary/aromatic N) is 2. The highest BCUT2D eigenvalue weighted by atomic mass is 35.5. The first-order valence-corrected chi connectivity index (χ1v) is 6.42. The number of carbonyl (C=O) groups is 1. The van der Waals surface area contributed by atoms with Gasteiger partial charge in [0.25, 0.3) is 0 Å². The number of nitrogens with one attached hydrogen (secondary N) is 1. The normalized spacial score (nSPS) is 39.4. The summed E-state index contributed by atoms with van der Waals surface area (Å²) in [5.41, 5.74) is 5.95. The Morgan fingerprint density at radius 1 is 1.37 bits per heavy atom. The predicted molar refractivity (Wildman–Crippen MR) is 76.3 cm³/mol. The van der Waals surface area contributed by atoms with Gasteiger partial charge in [-0.2, -0.15) is 5.26 Å². The highest BCUT2D eigenvalue weighted by molar-refractivity contribution is 5.85. The van der Waals surface area contributed by atoms with Crippen LogP contribution in [0.4, 0.5) is 0 Å². The van der Waals surface area contributed by atoms with Crippen LogP contribution in [0.5, 0.6) is 0 Å². The van der Waals surface area contributed by atoms with Gasteiger partial charge in [-0.1, -0.05) is 0 Å². The molecule has 0 radical (unpaired) electrons. The molecule has 1 aliphatic carbocycles. The number of likely N-dealkylation sites (tertiary alicyclic amines) is 1. The van der Waals surface area contributed by atoms with E-state index in [-0.39, 0.29) is 48.8 Å². The minimum atomic E-state index is -0.211. The Kier molecular flexibility index (Phi) is 5.45. The molecule has 1 unspecified atom stereocenters. The van der Waals surface area contributed by atoms with Gasteiger partial charge in [0.2, 0.25) is 5.91 Å². The molecule has 3 rings (SSSR count). The number of hydrogen-bond acceptors (Lipinski definition) is 4. The number of nitriles is 1. The molecule has 3 aliphatic rings. The van der Waals surface area contributed by atoms with Gasteiger partial charge in [-0.25, -0.2) is 0 Å². The van der Waals surface area contributed by atoms with E-state index in [1.807, 2.05) is 0 Å². The quantitative estimate of drug-likeness (QED) is 0.736. The molecule has 108 valence electrons. The van der Waals surface area contributed by atoms with E-state index in [0.717, 1.165) is 32.2 Å². The zero-order chi connectivity index (χ0) is 12.0. The van der Waals surface area contributed by atoms with Crippen molar-refractivity contribution in [3.63, 3.8) is 0 Å². The van der Waals surface area contributed by atoms with E-state index in [2.05, 4.69) is 11.4 Å². The first-order valence-electron chi connectivity index (χ1n) is 6.42. The van der Waals surface area contributed by atoms with Crippen LogP contribution in [0, 0.1) is 17.2 Å².